The second-order valence-corrected chi connectivity index (χ2v) is 10.4. The van der Waals surface area contributed by atoms with Crippen LogP contribution in [0.5, 0.6) is 0 Å². The topological polar surface area (TPSA) is 96.4 Å². The molecule has 3 aliphatic heterocycles. The molecule has 3 unspecified atom stereocenters. The normalized spacial score (nSPS) is 32.2. The number of unbranched alkanes of at least 4 members (excludes halogenated alkanes) is 2. The SMILES string of the molecule is C=CCOC(=O)[C@H]1[C@@H]2OC3(CC2Br)C(C(=O)N(CC=C)C(C)C)N(CCCCCO)C(=O)[C@H]13. The first kappa shape index (κ1) is 25.9. The third kappa shape index (κ3) is 4.51. The van der Waals surface area contributed by atoms with Crippen LogP contribution >= 0.6 is 15.9 Å². The van der Waals surface area contributed by atoms with Gasteiger partial charge in [0.2, 0.25) is 11.8 Å². The Labute approximate surface area is 204 Å². The van der Waals surface area contributed by atoms with Crippen LogP contribution in [-0.4, -0.2) is 87.6 Å². The molecule has 184 valence electrons. The van der Waals surface area contributed by atoms with Crippen molar-refractivity contribution >= 4 is 33.7 Å². The standard InChI is InChI=1S/C24H35BrN2O6/c1-5-10-26(15(3)4)22(30)20-24-14-16(25)19(33-24)17(23(31)32-13-6-2)18(24)21(29)27(20)11-8-7-9-12-28/h5-6,15-20,28H,1-2,7-14H2,3-4H3/t16?,17-,18+,19-,20?,24?/m1/s1. The lowest BCUT2D eigenvalue weighted by Gasteiger charge is -2.38. The molecule has 3 rings (SSSR count). The minimum atomic E-state index is -1.09. The Morgan fingerprint density at radius 1 is 1.33 bits per heavy atom. The molecule has 2 amide bonds. The first-order valence-electron chi connectivity index (χ1n) is 11.7. The third-order valence-corrected chi connectivity index (χ3v) is 7.77. The summed E-state index contributed by atoms with van der Waals surface area (Å²) in [6, 6.07) is -0.919. The number of amides is 2. The van der Waals surface area contributed by atoms with Crippen LogP contribution in [0.4, 0.5) is 0 Å². The zero-order valence-electron chi connectivity index (χ0n) is 19.5. The Hall–Kier alpha value is -1.71. The second-order valence-electron chi connectivity index (χ2n) is 9.27. The summed E-state index contributed by atoms with van der Waals surface area (Å²) in [6.45, 7) is 12.1. The minimum absolute atomic E-state index is 0.0522. The van der Waals surface area contributed by atoms with Crippen LogP contribution in [0.1, 0.15) is 39.5 Å². The largest absolute Gasteiger partial charge is 0.461 e. The highest BCUT2D eigenvalue weighted by molar-refractivity contribution is 9.09. The van der Waals surface area contributed by atoms with Crippen LogP contribution in [0.2, 0.25) is 0 Å². The quantitative estimate of drug-likeness (QED) is 0.181. The summed E-state index contributed by atoms with van der Waals surface area (Å²) >= 11 is 3.64. The number of fused-ring (bicyclic) bond motifs is 1. The summed E-state index contributed by atoms with van der Waals surface area (Å²) in [5.74, 6) is -2.46. The van der Waals surface area contributed by atoms with E-state index in [4.69, 9.17) is 14.6 Å². The van der Waals surface area contributed by atoms with E-state index in [0.717, 1.165) is 6.42 Å². The number of likely N-dealkylation sites (tertiary alicyclic amines) is 1. The number of alkyl halides is 1. The van der Waals surface area contributed by atoms with Crippen LogP contribution in [0.3, 0.4) is 0 Å². The van der Waals surface area contributed by atoms with Gasteiger partial charge in [-0.15, -0.1) is 6.58 Å². The van der Waals surface area contributed by atoms with Gasteiger partial charge in [-0.2, -0.15) is 0 Å². The van der Waals surface area contributed by atoms with Crippen molar-refractivity contribution < 1.29 is 29.0 Å². The van der Waals surface area contributed by atoms with Crippen LogP contribution < -0.4 is 0 Å². The highest BCUT2D eigenvalue weighted by Gasteiger charge is 2.77. The number of aliphatic hydroxyl groups is 1. The third-order valence-electron chi connectivity index (χ3n) is 6.93. The van der Waals surface area contributed by atoms with Gasteiger partial charge in [0, 0.05) is 30.6 Å². The van der Waals surface area contributed by atoms with Gasteiger partial charge in [0.05, 0.1) is 17.9 Å². The maximum Gasteiger partial charge on any atom is 0.312 e. The van der Waals surface area contributed by atoms with Gasteiger partial charge >= 0.3 is 5.97 Å². The number of hydrogen-bond acceptors (Lipinski definition) is 6. The van der Waals surface area contributed by atoms with Gasteiger partial charge in [-0.05, 0) is 39.5 Å². The van der Waals surface area contributed by atoms with Gasteiger partial charge < -0.3 is 24.4 Å². The first-order valence-corrected chi connectivity index (χ1v) is 12.6. The zero-order chi connectivity index (χ0) is 24.3. The highest BCUT2D eigenvalue weighted by Crippen LogP contribution is 2.60. The van der Waals surface area contributed by atoms with E-state index in [1.165, 1.54) is 6.08 Å². The molecule has 0 aliphatic carbocycles. The molecule has 0 aromatic carbocycles. The second kappa shape index (κ2) is 10.7. The molecule has 6 atom stereocenters. The molecule has 8 nitrogen and oxygen atoms in total. The van der Waals surface area contributed by atoms with Crippen LogP contribution in [0.15, 0.2) is 25.3 Å². The maximum atomic E-state index is 13.9. The van der Waals surface area contributed by atoms with Crippen molar-refractivity contribution in [3.63, 3.8) is 0 Å². The van der Waals surface area contributed by atoms with Gasteiger partial charge in [0.25, 0.3) is 0 Å². The highest BCUT2D eigenvalue weighted by atomic mass is 79.9. The Bertz CT molecular complexity index is 789. The fraction of sp³-hybridized carbons (Fsp3) is 0.708. The van der Waals surface area contributed by atoms with Crippen LogP contribution in [-0.2, 0) is 23.9 Å². The van der Waals surface area contributed by atoms with Gasteiger partial charge in [-0.1, -0.05) is 34.7 Å². The molecule has 0 aromatic rings. The fourth-order valence-electron chi connectivity index (χ4n) is 5.58. The Morgan fingerprint density at radius 3 is 2.67 bits per heavy atom. The molecular formula is C24H35BrN2O6. The van der Waals surface area contributed by atoms with Crippen LogP contribution in [0, 0.1) is 11.8 Å². The summed E-state index contributed by atoms with van der Waals surface area (Å²) in [5.41, 5.74) is -1.09. The predicted octanol–water partition coefficient (Wildman–Crippen LogP) is 2.05. The summed E-state index contributed by atoms with van der Waals surface area (Å²) in [4.78, 5) is 43.8. The number of aliphatic hydroxyl groups excluding tert-OH is 1. The monoisotopic (exact) mass is 526 g/mol. The van der Waals surface area contributed by atoms with E-state index in [2.05, 4.69) is 29.1 Å². The van der Waals surface area contributed by atoms with E-state index < -0.39 is 35.6 Å². The number of ether oxygens (including phenoxy) is 2. The van der Waals surface area contributed by atoms with E-state index >= 15 is 0 Å². The van der Waals surface area contributed by atoms with E-state index in [1.54, 1.807) is 15.9 Å². The molecule has 3 saturated heterocycles. The molecule has 1 spiro atoms. The summed E-state index contributed by atoms with van der Waals surface area (Å²) < 4.78 is 11.8. The molecular weight excluding hydrogens is 492 g/mol. The molecule has 0 radical (unpaired) electrons. The number of carbonyl (C=O) groups is 3. The molecule has 1 N–H and O–H groups in total. The minimum Gasteiger partial charge on any atom is -0.461 e. The molecule has 3 aliphatic rings. The van der Waals surface area contributed by atoms with Crippen molar-refractivity contribution in [1.29, 1.82) is 0 Å². The van der Waals surface area contributed by atoms with Gasteiger partial charge in [-0.25, -0.2) is 0 Å². The molecule has 33 heavy (non-hydrogen) atoms. The zero-order valence-corrected chi connectivity index (χ0v) is 21.0. The number of esters is 1. The Balaban J connectivity index is 2.00. The maximum absolute atomic E-state index is 13.9. The molecule has 0 aromatic heterocycles. The number of halogens is 1. The molecule has 0 saturated carbocycles. The molecule has 3 heterocycles. The van der Waals surface area contributed by atoms with E-state index in [-0.39, 0.29) is 35.9 Å². The van der Waals surface area contributed by atoms with Crippen molar-refractivity contribution in [2.75, 3.05) is 26.3 Å². The number of rotatable bonds is 12. The van der Waals surface area contributed by atoms with Crippen molar-refractivity contribution in [3.05, 3.63) is 25.3 Å². The first-order chi connectivity index (χ1) is 15.7. The fourth-order valence-corrected chi connectivity index (χ4v) is 6.52. The van der Waals surface area contributed by atoms with Gasteiger partial charge in [-0.3, -0.25) is 14.4 Å². The number of carbonyl (C=O) groups excluding carboxylic acids is 3. The predicted molar refractivity (Wildman–Crippen MR) is 127 cm³/mol. The Morgan fingerprint density at radius 2 is 2.06 bits per heavy atom. The molecule has 3 fully saturated rings. The molecule has 9 heteroatoms. The lowest BCUT2D eigenvalue weighted by Crippen LogP contribution is -2.58. The van der Waals surface area contributed by atoms with Crippen LogP contribution in [0.25, 0.3) is 0 Å². The summed E-state index contributed by atoms with van der Waals surface area (Å²) in [7, 11) is 0. The average Bonchev–Trinajstić information content (AvgIpc) is 3.36. The lowest BCUT2D eigenvalue weighted by molar-refractivity contribution is -0.154. The van der Waals surface area contributed by atoms with Gasteiger partial charge in [0.1, 0.15) is 18.2 Å². The molecule has 2 bridgehead atoms. The number of nitrogens with zero attached hydrogens (tertiary/aromatic N) is 2. The number of hydrogen-bond donors (Lipinski definition) is 1. The van der Waals surface area contributed by atoms with E-state index in [9.17, 15) is 14.4 Å². The van der Waals surface area contributed by atoms with Gasteiger partial charge in [0.15, 0.2) is 0 Å². The summed E-state index contributed by atoms with van der Waals surface area (Å²) in [5, 5.41) is 9.12. The smallest absolute Gasteiger partial charge is 0.312 e. The Kier molecular flexibility index (Phi) is 8.40. The van der Waals surface area contributed by atoms with Crippen molar-refractivity contribution in [1.82, 2.24) is 9.80 Å². The van der Waals surface area contributed by atoms with Crippen molar-refractivity contribution in [2.45, 2.75) is 68.1 Å². The summed E-state index contributed by atoms with van der Waals surface area (Å²) in [6.07, 6.45) is 5.09. The van der Waals surface area contributed by atoms with E-state index in [1.807, 2.05) is 13.8 Å². The average molecular weight is 527 g/mol. The lowest BCUT2D eigenvalue weighted by atomic mass is 9.70. The van der Waals surface area contributed by atoms with Crippen molar-refractivity contribution in [3.8, 4) is 0 Å². The van der Waals surface area contributed by atoms with Crippen molar-refractivity contribution in [2.24, 2.45) is 11.8 Å². The van der Waals surface area contributed by atoms with E-state index in [0.29, 0.717) is 32.4 Å².